The molecule has 3 rings (SSSR count). The van der Waals surface area contributed by atoms with Gasteiger partial charge in [0.05, 0.1) is 13.4 Å². The van der Waals surface area contributed by atoms with E-state index in [-0.39, 0.29) is 0 Å². The van der Waals surface area contributed by atoms with Gasteiger partial charge >= 0.3 is 0 Å². The fourth-order valence-corrected chi connectivity index (χ4v) is 3.17. The van der Waals surface area contributed by atoms with E-state index in [0.717, 1.165) is 12.8 Å². The van der Waals surface area contributed by atoms with Crippen LogP contribution in [-0.2, 0) is 4.74 Å². The fourth-order valence-electron chi connectivity index (χ4n) is 3.17. The zero-order valence-corrected chi connectivity index (χ0v) is 11.8. The Kier molecular flexibility index (Phi) is 3.87. The minimum absolute atomic E-state index is 0.492. The molecule has 20 heavy (non-hydrogen) atoms. The molecule has 1 aliphatic carbocycles. The summed E-state index contributed by atoms with van der Waals surface area (Å²) < 4.78 is 5.12. The molecule has 0 N–H and O–H groups in total. The van der Waals surface area contributed by atoms with E-state index < -0.39 is 0 Å². The summed E-state index contributed by atoms with van der Waals surface area (Å²) >= 11 is 0. The number of hydrogen-bond donors (Lipinski definition) is 0. The van der Waals surface area contributed by atoms with Crippen LogP contribution in [0.15, 0.2) is 72.5 Å². The molecule has 0 spiro atoms. The van der Waals surface area contributed by atoms with Gasteiger partial charge in [-0.05, 0) is 35.5 Å². The molecule has 0 atom stereocenters. The van der Waals surface area contributed by atoms with Crippen molar-refractivity contribution in [2.45, 2.75) is 18.8 Å². The third kappa shape index (κ3) is 2.62. The van der Waals surface area contributed by atoms with Crippen molar-refractivity contribution in [1.82, 2.24) is 0 Å². The van der Waals surface area contributed by atoms with Gasteiger partial charge in [-0.15, -0.1) is 0 Å². The fraction of sp³-hybridized carbons (Fsp3) is 0.263. The van der Waals surface area contributed by atoms with E-state index in [1.165, 1.54) is 16.7 Å². The molecule has 0 saturated heterocycles. The van der Waals surface area contributed by atoms with Gasteiger partial charge in [0.2, 0.25) is 0 Å². The van der Waals surface area contributed by atoms with Gasteiger partial charge in [-0.2, -0.15) is 0 Å². The van der Waals surface area contributed by atoms with Crippen LogP contribution >= 0.6 is 0 Å². The van der Waals surface area contributed by atoms with Crippen LogP contribution in [0.5, 0.6) is 0 Å². The molecule has 0 aliphatic heterocycles. The molecule has 102 valence electrons. The zero-order valence-electron chi connectivity index (χ0n) is 11.8. The van der Waals surface area contributed by atoms with Crippen molar-refractivity contribution >= 4 is 0 Å². The molecular weight excluding hydrogens is 244 g/mol. The van der Waals surface area contributed by atoms with E-state index in [4.69, 9.17) is 4.74 Å². The standard InChI is InChI=1S/C19H20O/c1-20-14-15-12-18(13-15)19(16-8-4-2-5-9-16)17-10-6-3-7-11-17/h2-11,14,18-19H,12-13H2,1H3. The first-order chi connectivity index (χ1) is 9.88. The van der Waals surface area contributed by atoms with E-state index in [1.807, 2.05) is 6.26 Å². The largest absolute Gasteiger partial charge is 0.504 e. The Bertz CT molecular complexity index is 524. The second-order valence-corrected chi connectivity index (χ2v) is 5.48. The minimum atomic E-state index is 0.492. The summed E-state index contributed by atoms with van der Waals surface area (Å²) in [6.45, 7) is 0. The van der Waals surface area contributed by atoms with Gasteiger partial charge in [0, 0.05) is 5.92 Å². The summed E-state index contributed by atoms with van der Waals surface area (Å²) in [7, 11) is 1.73. The molecule has 1 nitrogen and oxygen atoms in total. The Balaban J connectivity index is 1.88. The normalized spacial score (nSPS) is 17.7. The molecule has 2 aromatic rings. The smallest absolute Gasteiger partial charge is 0.0816 e. The Hall–Kier alpha value is -2.02. The first kappa shape index (κ1) is 13.0. The molecule has 1 saturated carbocycles. The molecule has 0 aromatic heterocycles. The van der Waals surface area contributed by atoms with Crippen molar-refractivity contribution in [1.29, 1.82) is 0 Å². The molecule has 0 radical (unpaired) electrons. The molecule has 0 unspecified atom stereocenters. The Morgan fingerprint density at radius 3 is 1.85 bits per heavy atom. The summed E-state index contributed by atoms with van der Waals surface area (Å²) in [5.41, 5.74) is 4.26. The molecule has 1 heteroatoms. The van der Waals surface area contributed by atoms with Crippen molar-refractivity contribution in [2.75, 3.05) is 7.11 Å². The second kappa shape index (κ2) is 5.96. The second-order valence-electron chi connectivity index (χ2n) is 5.48. The maximum Gasteiger partial charge on any atom is 0.0816 e. The van der Waals surface area contributed by atoms with Crippen LogP contribution in [0.2, 0.25) is 0 Å². The van der Waals surface area contributed by atoms with E-state index in [0.29, 0.717) is 11.8 Å². The van der Waals surface area contributed by atoms with E-state index in [2.05, 4.69) is 60.7 Å². The van der Waals surface area contributed by atoms with Gasteiger partial charge in [-0.1, -0.05) is 60.7 Å². The first-order valence-electron chi connectivity index (χ1n) is 7.19. The molecule has 2 aromatic carbocycles. The van der Waals surface area contributed by atoms with E-state index >= 15 is 0 Å². The van der Waals surface area contributed by atoms with Gasteiger partial charge in [-0.25, -0.2) is 0 Å². The average Bonchev–Trinajstić information content (AvgIpc) is 2.47. The summed E-state index contributed by atoms with van der Waals surface area (Å²) in [5.74, 6) is 1.17. The molecule has 1 aliphatic rings. The SMILES string of the molecule is COC=C1CC(C(c2ccccc2)c2ccccc2)C1. The molecule has 0 bridgehead atoms. The molecule has 0 heterocycles. The van der Waals surface area contributed by atoms with Crippen LogP contribution in [0.3, 0.4) is 0 Å². The summed E-state index contributed by atoms with van der Waals surface area (Å²) in [6.07, 6.45) is 4.19. The molecular formula is C19H20O. The van der Waals surface area contributed by atoms with Crippen molar-refractivity contribution in [2.24, 2.45) is 5.92 Å². The average molecular weight is 264 g/mol. The van der Waals surface area contributed by atoms with Crippen molar-refractivity contribution in [3.05, 3.63) is 83.6 Å². The number of methoxy groups -OCH3 is 1. The third-order valence-electron chi connectivity index (χ3n) is 4.12. The lowest BCUT2D eigenvalue weighted by Gasteiger charge is -2.36. The number of hydrogen-bond acceptors (Lipinski definition) is 1. The van der Waals surface area contributed by atoms with Crippen LogP contribution in [0.4, 0.5) is 0 Å². The van der Waals surface area contributed by atoms with Crippen LogP contribution in [-0.4, -0.2) is 7.11 Å². The maximum absolute atomic E-state index is 5.12. The van der Waals surface area contributed by atoms with E-state index in [9.17, 15) is 0 Å². The summed E-state index contributed by atoms with van der Waals surface area (Å²) in [4.78, 5) is 0. The number of rotatable bonds is 4. The van der Waals surface area contributed by atoms with E-state index in [1.54, 1.807) is 7.11 Å². The summed E-state index contributed by atoms with van der Waals surface area (Å²) in [5, 5.41) is 0. The lowest BCUT2D eigenvalue weighted by Crippen LogP contribution is -2.23. The Labute approximate surface area is 120 Å². The van der Waals surface area contributed by atoms with Crippen LogP contribution in [0, 0.1) is 5.92 Å². The van der Waals surface area contributed by atoms with Crippen molar-refractivity contribution < 1.29 is 4.74 Å². The van der Waals surface area contributed by atoms with Crippen LogP contribution in [0.25, 0.3) is 0 Å². The lowest BCUT2D eigenvalue weighted by molar-refractivity contribution is 0.300. The highest BCUT2D eigenvalue weighted by Gasteiger charge is 2.33. The monoisotopic (exact) mass is 264 g/mol. The molecule has 1 fully saturated rings. The first-order valence-corrected chi connectivity index (χ1v) is 7.19. The highest BCUT2D eigenvalue weighted by Crippen LogP contribution is 2.46. The quantitative estimate of drug-likeness (QED) is 0.723. The topological polar surface area (TPSA) is 9.23 Å². The minimum Gasteiger partial charge on any atom is -0.504 e. The van der Waals surface area contributed by atoms with Gasteiger partial charge < -0.3 is 4.74 Å². The zero-order chi connectivity index (χ0) is 13.8. The van der Waals surface area contributed by atoms with Crippen molar-refractivity contribution in [3.8, 4) is 0 Å². The Morgan fingerprint density at radius 2 is 1.40 bits per heavy atom. The van der Waals surface area contributed by atoms with Gasteiger partial charge in [0.25, 0.3) is 0 Å². The predicted molar refractivity (Wildman–Crippen MR) is 82.5 cm³/mol. The molecule has 0 amide bonds. The van der Waals surface area contributed by atoms with Gasteiger partial charge in [0.15, 0.2) is 0 Å². The van der Waals surface area contributed by atoms with Gasteiger partial charge in [0.1, 0.15) is 0 Å². The number of allylic oxidation sites excluding steroid dienone is 1. The summed E-state index contributed by atoms with van der Waals surface area (Å²) in [6, 6.07) is 21.7. The highest BCUT2D eigenvalue weighted by atomic mass is 16.5. The number of ether oxygens (including phenoxy) is 1. The van der Waals surface area contributed by atoms with Gasteiger partial charge in [-0.3, -0.25) is 0 Å². The van der Waals surface area contributed by atoms with Crippen LogP contribution in [0.1, 0.15) is 29.9 Å². The Morgan fingerprint density at radius 1 is 0.900 bits per heavy atom. The highest BCUT2D eigenvalue weighted by molar-refractivity contribution is 5.35. The number of benzene rings is 2. The third-order valence-corrected chi connectivity index (χ3v) is 4.12. The lowest BCUT2D eigenvalue weighted by atomic mass is 9.68. The van der Waals surface area contributed by atoms with Crippen LogP contribution < -0.4 is 0 Å². The van der Waals surface area contributed by atoms with Crippen molar-refractivity contribution in [3.63, 3.8) is 0 Å². The maximum atomic E-state index is 5.12. The predicted octanol–water partition coefficient (Wildman–Crippen LogP) is 4.76.